The molecule has 1 aromatic rings. The van der Waals surface area contributed by atoms with Gasteiger partial charge in [-0.25, -0.2) is 0 Å². The summed E-state index contributed by atoms with van der Waals surface area (Å²) in [4.78, 5) is 49.4. The Bertz CT molecular complexity index is 954. The van der Waals surface area contributed by atoms with Crippen LogP contribution < -0.4 is 15.2 Å². The molecule has 0 aliphatic heterocycles. The first-order chi connectivity index (χ1) is 17.2. The molecule has 0 saturated carbocycles. The minimum absolute atomic E-state index is 0.0568. The Labute approximate surface area is 220 Å². The maximum atomic E-state index is 12.8. The van der Waals surface area contributed by atoms with E-state index in [1.807, 2.05) is 20.8 Å². The average Bonchev–Trinajstić information content (AvgIpc) is 2.84. The van der Waals surface area contributed by atoms with Gasteiger partial charge in [0.05, 0.1) is 10.8 Å². The van der Waals surface area contributed by atoms with E-state index in [1.54, 1.807) is 40.7 Å². The summed E-state index contributed by atoms with van der Waals surface area (Å²) in [6, 6.07) is 3.69. The first kappa shape index (κ1) is 32.1. The second-order valence-electron chi connectivity index (χ2n) is 10.5. The van der Waals surface area contributed by atoms with Crippen molar-refractivity contribution in [3.8, 4) is 11.5 Å². The van der Waals surface area contributed by atoms with Crippen LogP contribution in [0.1, 0.15) is 86.6 Å². The number of ether oxygens (including phenoxy) is 4. The average molecular weight is 522 g/mol. The van der Waals surface area contributed by atoms with Crippen molar-refractivity contribution in [1.82, 2.24) is 0 Å². The highest BCUT2D eigenvalue weighted by atomic mass is 16.6. The molecular weight excluding hydrogens is 478 g/mol. The van der Waals surface area contributed by atoms with Crippen LogP contribution in [0.5, 0.6) is 11.5 Å². The van der Waals surface area contributed by atoms with Crippen molar-refractivity contribution in [2.24, 2.45) is 16.6 Å². The Balaban J connectivity index is 3.03. The van der Waals surface area contributed by atoms with E-state index >= 15 is 0 Å². The number of rotatable bonds is 14. The SMILES string of the molecule is CCCC(=O)OC[C@H](C)OC(=O)[C@@H](N)Cc1ccc(OC(=O)C(C)(C)CC)c(OC(=O)C(C)(C)CC)c1. The van der Waals surface area contributed by atoms with E-state index < -0.39 is 40.9 Å². The van der Waals surface area contributed by atoms with Gasteiger partial charge in [0, 0.05) is 6.42 Å². The number of esters is 4. The van der Waals surface area contributed by atoms with E-state index in [2.05, 4.69) is 0 Å². The topological polar surface area (TPSA) is 131 Å². The summed E-state index contributed by atoms with van der Waals surface area (Å²) >= 11 is 0. The molecule has 0 saturated heterocycles. The van der Waals surface area contributed by atoms with Crippen LogP contribution in [0.4, 0.5) is 0 Å². The van der Waals surface area contributed by atoms with Gasteiger partial charge in [-0.15, -0.1) is 0 Å². The highest BCUT2D eigenvalue weighted by molar-refractivity contribution is 5.81. The third-order valence-electron chi connectivity index (χ3n) is 6.30. The van der Waals surface area contributed by atoms with Gasteiger partial charge >= 0.3 is 23.9 Å². The molecule has 0 unspecified atom stereocenters. The molecule has 1 rings (SSSR count). The Hall–Kier alpha value is -2.94. The summed E-state index contributed by atoms with van der Waals surface area (Å²) in [5.74, 6) is -1.77. The molecule has 0 radical (unpaired) electrons. The van der Waals surface area contributed by atoms with Crippen molar-refractivity contribution < 1.29 is 38.1 Å². The predicted molar refractivity (Wildman–Crippen MR) is 139 cm³/mol. The van der Waals surface area contributed by atoms with Gasteiger partial charge in [0.1, 0.15) is 18.8 Å². The van der Waals surface area contributed by atoms with E-state index in [1.165, 1.54) is 12.1 Å². The van der Waals surface area contributed by atoms with Gasteiger partial charge in [-0.05, 0) is 78.0 Å². The Morgan fingerprint density at radius 2 is 1.43 bits per heavy atom. The van der Waals surface area contributed by atoms with Crippen LogP contribution in [-0.4, -0.2) is 42.6 Å². The molecular formula is C28H43NO8. The fourth-order valence-corrected chi connectivity index (χ4v) is 2.75. The van der Waals surface area contributed by atoms with Gasteiger partial charge in [-0.3, -0.25) is 19.2 Å². The van der Waals surface area contributed by atoms with Crippen LogP contribution in [0, 0.1) is 10.8 Å². The van der Waals surface area contributed by atoms with Crippen LogP contribution in [0.2, 0.25) is 0 Å². The molecule has 2 atom stereocenters. The summed E-state index contributed by atoms with van der Waals surface area (Å²) in [5.41, 5.74) is 5.16. The van der Waals surface area contributed by atoms with E-state index in [0.717, 1.165) is 0 Å². The van der Waals surface area contributed by atoms with Gasteiger partial charge in [0.25, 0.3) is 0 Å². The molecule has 208 valence electrons. The second-order valence-corrected chi connectivity index (χ2v) is 10.5. The molecule has 0 heterocycles. The molecule has 0 amide bonds. The lowest BCUT2D eigenvalue weighted by Gasteiger charge is -2.23. The van der Waals surface area contributed by atoms with E-state index in [0.29, 0.717) is 31.2 Å². The normalized spacial score (nSPS) is 13.3. The fraction of sp³-hybridized carbons (Fsp3) is 0.643. The number of nitrogens with two attached hydrogens (primary N) is 1. The van der Waals surface area contributed by atoms with E-state index in [9.17, 15) is 19.2 Å². The maximum absolute atomic E-state index is 12.8. The van der Waals surface area contributed by atoms with Crippen LogP contribution in [0.25, 0.3) is 0 Å². The zero-order valence-electron chi connectivity index (χ0n) is 23.5. The Morgan fingerprint density at radius 1 is 0.892 bits per heavy atom. The molecule has 0 aliphatic carbocycles. The molecule has 9 nitrogen and oxygen atoms in total. The van der Waals surface area contributed by atoms with Gasteiger partial charge in [-0.2, -0.15) is 0 Å². The molecule has 0 aliphatic rings. The molecule has 0 bridgehead atoms. The van der Waals surface area contributed by atoms with Gasteiger partial charge in [0.2, 0.25) is 0 Å². The summed E-state index contributed by atoms with van der Waals surface area (Å²) in [7, 11) is 0. The zero-order chi connectivity index (χ0) is 28.4. The van der Waals surface area contributed by atoms with E-state index in [-0.39, 0.29) is 30.5 Å². The van der Waals surface area contributed by atoms with Crippen LogP contribution >= 0.6 is 0 Å². The number of carbonyl (C=O) groups is 4. The number of hydrogen-bond donors (Lipinski definition) is 1. The Kier molecular flexibility index (Phi) is 12.2. The quantitative estimate of drug-likeness (QED) is 0.277. The summed E-state index contributed by atoms with van der Waals surface area (Å²) < 4.78 is 21.6. The number of hydrogen-bond acceptors (Lipinski definition) is 9. The van der Waals surface area contributed by atoms with Crippen molar-refractivity contribution in [3.05, 3.63) is 23.8 Å². The lowest BCUT2D eigenvalue weighted by Crippen LogP contribution is -2.37. The maximum Gasteiger partial charge on any atom is 0.323 e. The number of carbonyl (C=O) groups excluding carboxylic acids is 4. The van der Waals surface area contributed by atoms with Crippen molar-refractivity contribution in [2.45, 2.75) is 99.6 Å². The molecule has 0 fully saturated rings. The first-order valence-electron chi connectivity index (χ1n) is 12.9. The lowest BCUT2D eigenvalue weighted by atomic mass is 9.90. The summed E-state index contributed by atoms with van der Waals surface area (Å²) in [6.45, 7) is 14.2. The van der Waals surface area contributed by atoms with Crippen LogP contribution in [0.3, 0.4) is 0 Å². The van der Waals surface area contributed by atoms with Gasteiger partial charge in [-0.1, -0.05) is 26.8 Å². The van der Waals surface area contributed by atoms with Crippen molar-refractivity contribution >= 4 is 23.9 Å². The fourth-order valence-electron chi connectivity index (χ4n) is 2.75. The molecule has 37 heavy (non-hydrogen) atoms. The van der Waals surface area contributed by atoms with Crippen LogP contribution in [0.15, 0.2) is 18.2 Å². The summed E-state index contributed by atoms with van der Waals surface area (Å²) in [6.07, 6.45) is 1.50. The molecule has 9 heteroatoms. The first-order valence-corrected chi connectivity index (χ1v) is 12.9. The third-order valence-corrected chi connectivity index (χ3v) is 6.30. The highest BCUT2D eigenvalue weighted by Crippen LogP contribution is 2.34. The smallest absolute Gasteiger partial charge is 0.323 e. The highest BCUT2D eigenvalue weighted by Gasteiger charge is 2.31. The molecule has 2 N–H and O–H groups in total. The monoisotopic (exact) mass is 521 g/mol. The zero-order valence-corrected chi connectivity index (χ0v) is 23.5. The summed E-state index contributed by atoms with van der Waals surface area (Å²) in [5, 5.41) is 0. The lowest BCUT2D eigenvalue weighted by molar-refractivity contribution is -0.159. The van der Waals surface area contributed by atoms with Crippen molar-refractivity contribution in [2.75, 3.05) is 6.61 Å². The molecule has 0 aromatic heterocycles. The van der Waals surface area contributed by atoms with Crippen LogP contribution in [-0.2, 0) is 35.1 Å². The van der Waals surface area contributed by atoms with Gasteiger partial charge in [0.15, 0.2) is 11.5 Å². The minimum atomic E-state index is -1.02. The minimum Gasteiger partial charge on any atom is -0.462 e. The van der Waals surface area contributed by atoms with Crippen molar-refractivity contribution in [3.63, 3.8) is 0 Å². The van der Waals surface area contributed by atoms with Crippen molar-refractivity contribution in [1.29, 1.82) is 0 Å². The van der Waals surface area contributed by atoms with Gasteiger partial charge < -0.3 is 24.7 Å². The molecule has 1 aromatic carbocycles. The Morgan fingerprint density at radius 3 is 1.95 bits per heavy atom. The van der Waals surface area contributed by atoms with E-state index in [4.69, 9.17) is 24.7 Å². The molecule has 0 spiro atoms. The third kappa shape index (κ3) is 10.1. The number of benzene rings is 1. The standard InChI is InChI=1S/C28H43NO8/c1-9-12-23(30)34-17-18(4)35-24(31)20(29)15-19-13-14-21(36-25(32)27(5,6)10-2)22(16-19)37-26(33)28(7,8)11-3/h13-14,16,18,20H,9-12,15,17,29H2,1-8H3/t18-,20-/m0/s1. The predicted octanol–water partition coefficient (Wildman–Crippen LogP) is 4.51. The largest absolute Gasteiger partial charge is 0.462 e. The second kappa shape index (κ2) is 14.1.